The van der Waals surface area contributed by atoms with Crippen LogP contribution in [0.25, 0.3) is 0 Å². The molecule has 2 amide bonds. The molecule has 0 saturated carbocycles. The Morgan fingerprint density at radius 1 is 1.03 bits per heavy atom. The number of aryl methyl sites for hydroxylation is 1. The van der Waals surface area contributed by atoms with E-state index in [9.17, 15) is 9.59 Å². The maximum Gasteiger partial charge on any atom is 0.249 e. The summed E-state index contributed by atoms with van der Waals surface area (Å²) in [6, 6.07) is 14.1. The summed E-state index contributed by atoms with van der Waals surface area (Å²) >= 11 is 1.69. The summed E-state index contributed by atoms with van der Waals surface area (Å²) in [5.74, 6) is -0.230. The second-order valence-electron chi connectivity index (χ2n) is 7.95. The number of amides is 2. The van der Waals surface area contributed by atoms with Gasteiger partial charge in [-0.25, -0.2) is 0 Å². The van der Waals surface area contributed by atoms with Crippen molar-refractivity contribution in [2.24, 2.45) is 0 Å². The highest BCUT2D eigenvalue weighted by Crippen LogP contribution is 2.19. The quantitative estimate of drug-likeness (QED) is 0.516. The van der Waals surface area contributed by atoms with Crippen LogP contribution in [0.3, 0.4) is 0 Å². The molecule has 1 aliphatic rings. The van der Waals surface area contributed by atoms with Crippen molar-refractivity contribution in [3.05, 3.63) is 57.8 Å². The molecule has 0 radical (unpaired) electrons. The van der Waals surface area contributed by atoms with E-state index in [4.69, 9.17) is 9.47 Å². The number of methoxy groups -OCH3 is 1. The number of nitrogens with zero attached hydrogens (tertiary/aromatic N) is 3. The summed E-state index contributed by atoms with van der Waals surface area (Å²) in [5.41, 5.74) is 1.07. The van der Waals surface area contributed by atoms with E-state index in [0.717, 1.165) is 30.1 Å². The number of carbonyl (C=O) groups is 2. The number of ether oxygens (including phenoxy) is 2. The zero-order valence-electron chi connectivity index (χ0n) is 19.0. The van der Waals surface area contributed by atoms with Gasteiger partial charge in [0, 0.05) is 49.6 Å². The maximum atomic E-state index is 13.4. The molecule has 2 aromatic rings. The minimum absolute atomic E-state index is 0.0286. The lowest BCUT2D eigenvalue weighted by Gasteiger charge is -2.31. The molecule has 0 aliphatic carbocycles. The first kappa shape index (κ1) is 24.4. The van der Waals surface area contributed by atoms with Crippen molar-refractivity contribution in [2.45, 2.75) is 20.0 Å². The molecule has 1 aromatic heterocycles. The summed E-state index contributed by atoms with van der Waals surface area (Å²) < 4.78 is 10.5. The summed E-state index contributed by atoms with van der Waals surface area (Å²) in [6.45, 7) is 7.42. The first-order valence-electron chi connectivity index (χ1n) is 11.0. The molecule has 0 atom stereocenters. The number of hydrogen-bond acceptors (Lipinski definition) is 6. The van der Waals surface area contributed by atoms with Crippen molar-refractivity contribution in [1.29, 1.82) is 0 Å². The van der Waals surface area contributed by atoms with Gasteiger partial charge in [0.25, 0.3) is 0 Å². The van der Waals surface area contributed by atoms with Crippen LogP contribution >= 0.6 is 11.3 Å². The van der Waals surface area contributed by atoms with Crippen molar-refractivity contribution < 1.29 is 19.1 Å². The van der Waals surface area contributed by atoms with E-state index in [-0.39, 0.29) is 25.0 Å². The van der Waals surface area contributed by atoms with Gasteiger partial charge in [-0.15, -0.1) is 11.3 Å². The van der Waals surface area contributed by atoms with Crippen LogP contribution in [-0.2, 0) is 32.2 Å². The lowest BCUT2D eigenvalue weighted by Crippen LogP contribution is -2.47. The molecule has 2 heterocycles. The first-order chi connectivity index (χ1) is 15.5. The fourth-order valence-corrected chi connectivity index (χ4v) is 4.56. The van der Waals surface area contributed by atoms with Gasteiger partial charge in [-0.05, 0) is 24.6 Å². The molecular weight excluding hydrogens is 426 g/mol. The second kappa shape index (κ2) is 12.7. The SMILES string of the molecule is COCC(=O)N(CCN1CCOCC1)CC(=O)N(Cc1ccccc1)Cc1ccc(C)s1. The van der Waals surface area contributed by atoms with Gasteiger partial charge in [-0.3, -0.25) is 14.5 Å². The maximum absolute atomic E-state index is 13.4. The van der Waals surface area contributed by atoms with Gasteiger partial charge in [0.05, 0.1) is 26.3 Å². The predicted octanol–water partition coefficient (Wildman–Crippen LogP) is 2.39. The molecule has 0 unspecified atom stereocenters. The lowest BCUT2D eigenvalue weighted by molar-refractivity contribution is -0.143. The third kappa shape index (κ3) is 7.70. The largest absolute Gasteiger partial charge is 0.379 e. The van der Waals surface area contributed by atoms with E-state index in [2.05, 4.69) is 24.0 Å². The van der Waals surface area contributed by atoms with Crippen LogP contribution in [0.2, 0.25) is 0 Å². The second-order valence-corrected chi connectivity index (χ2v) is 9.32. The molecule has 0 N–H and O–H groups in total. The summed E-state index contributed by atoms with van der Waals surface area (Å²) in [4.78, 5) is 34.1. The standard InChI is InChI=1S/C24H33N3O4S/c1-20-8-9-22(32-20)17-27(16-21-6-4-3-5-7-21)23(28)18-26(24(29)19-30-2)11-10-25-12-14-31-15-13-25/h3-9H,10-19H2,1-2H3. The third-order valence-corrected chi connectivity index (χ3v) is 6.43. The minimum Gasteiger partial charge on any atom is -0.379 e. The van der Waals surface area contributed by atoms with E-state index in [1.165, 1.54) is 12.0 Å². The van der Waals surface area contributed by atoms with Crippen molar-refractivity contribution >= 4 is 23.2 Å². The highest BCUT2D eigenvalue weighted by Gasteiger charge is 2.23. The molecule has 8 heteroatoms. The Labute approximate surface area is 194 Å². The number of carbonyl (C=O) groups excluding carboxylic acids is 2. The molecule has 7 nitrogen and oxygen atoms in total. The van der Waals surface area contributed by atoms with Crippen LogP contribution < -0.4 is 0 Å². The van der Waals surface area contributed by atoms with Crippen LogP contribution in [0.5, 0.6) is 0 Å². The summed E-state index contributed by atoms with van der Waals surface area (Å²) in [5, 5.41) is 0. The normalized spacial score (nSPS) is 14.3. The van der Waals surface area contributed by atoms with Crippen molar-refractivity contribution in [1.82, 2.24) is 14.7 Å². The Hall–Kier alpha value is -2.26. The van der Waals surface area contributed by atoms with Gasteiger partial charge in [-0.2, -0.15) is 0 Å². The van der Waals surface area contributed by atoms with E-state index < -0.39 is 0 Å². The van der Waals surface area contributed by atoms with Gasteiger partial charge in [-0.1, -0.05) is 30.3 Å². The molecule has 1 fully saturated rings. The van der Waals surface area contributed by atoms with Gasteiger partial charge in [0.15, 0.2) is 0 Å². The van der Waals surface area contributed by atoms with Crippen LogP contribution in [0.15, 0.2) is 42.5 Å². The number of hydrogen-bond donors (Lipinski definition) is 0. The zero-order valence-corrected chi connectivity index (χ0v) is 19.8. The fourth-order valence-electron chi connectivity index (χ4n) is 3.65. The highest BCUT2D eigenvalue weighted by molar-refractivity contribution is 7.11. The van der Waals surface area contributed by atoms with Crippen molar-refractivity contribution in [2.75, 3.05) is 59.7 Å². The number of rotatable bonds is 11. The predicted molar refractivity (Wildman–Crippen MR) is 125 cm³/mol. The van der Waals surface area contributed by atoms with Gasteiger partial charge in [0.1, 0.15) is 6.61 Å². The molecular formula is C24H33N3O4S. The Morgan fingerprint density at radius 3 is 2.44 bits per heavy atom. The van der Waals surface area contributed by atoms with Crippen LogP contribution in [0.1, 0.15) is 15.3 Å². The number of thiophene rings is 1. The fraction of sp³-hybridized carbons (Fsp3) is 0.500. The number of benzene rings is 1. The van der Waals surface area contributed by atoms with Crippen LogP contribution in [0, 0.1) is 6.92 Å². The first-order valence-corrected chi connectivity index (χ1v) is 11.8. The molecule has 0 spiro atoms. The van der Waals surface area contributed by atoms with E-state index in [0.29, 0.717) is 32.8 Å². The third-order valence-electron chi connectivity index (χ3n) is 5.45. The molecule has 1 aliphatic heterocycles. The Kier molecular flexibility index (Phi) is 9.67. The Morgan fingerprint density at radius 2 is 1.78 bits per heavy atom. The minimum atomic E-state index is -0.166. The molecule has 32 heavy (non-hydrogen) atoms. The molecule has 174 valence electrons. The van der Waals surface area contributed by atoms with Gasteiger partial charge < -0.3 is 19.3 Å². The van der Waals surface area contributed by atoms with Crippen LogP contribution in [-0.4, -0.2) is 86.2 Å². The van der Waals surface area contributed by atoms with Gasteiger partial charge in [0.2, 0.25) is 11.8 Å². The van der Waals surface area contributed by atoms with Crippen molar-refractivity contribution in [3.63, 3.8) is 0 Å². The average Bonchev–Trinajstić information content (AvgIpc) is 3.22. The smallest absolute Gasteiger partial charge is 0.249 e. The average molecular weight is 460 g/mol. The topological polar surface area (TPSA) is 62.3 Å². The molecule has 0 bridgehead atoms. The molecule has 1 saturated heterocycles. The zero-order chi connectivity index (χ0) is 22.8. The highest BCUT2D eigenvalue weighted by atomic mass is 32.1. The monoisotopic (exact) mass is 459 g/mol. The van der Waals surface area contributed by atoms with E-state index >= 15 is 0 Å². The van der Waals surface area contributed by atoms with E-state index in [1.807, 2.05) is 35.2 Å². The van der Waals surface area contributed by atoms with E-state index in [1.54, 1.807) is 16.2 Å². The Balaban J connectivity index is 1.69. The van der Waals surface area contributed by atoms with Gasteiger partial charge >= 0.3 is 0 Å². The van der Waals surface area contributed by atoms with Crippen molar-refractivity contribution in [3.8, 4) is 0 Å². The summed E-state index contributed by atoms with van der Waals surface area (Å²) in [7, 11) is 1.50. The molecule has 1 aromatic carbocycles. The Bertz CT molecular complexity index is 852. The summed E-state index contributed by atoms with van der Waals surface area (Å²) in [6.07, 6.45) is 0. The van der Waals surface area contributed by atoms with Crippen LogP contribution in [0.4, 0.5) is 0 Å². The lowest BCUT2D eigenvalue weighted by atomic mass is 10.2. The molecule has 3 rings (SSSR count). The number of morpholine rings is 1.